The molecule has 0 bridgehead atoms. The number of carbonyl (C=O) groups excluding carboxylic acids is 3. The van der Waals surface area contributed by atoms with E-state index in [2.05, 4.69) is 16.9 Å². The fourth-order valence-electron chi connectivity index (χ4n) is 1.83. The van der Waals surface area contributed by atoms with Crippen LogP contribution < -0.4 is 15.4 Å². The van der Waals surface area contributed by atoms with Gasteiger partial charge in [0.2, 0.25) is 0 Å². The minimum absolute atomic E-state index is 0.0754. The number of ether oxygens (including phenoxy) is 2. The van der Waals surface area contributed by atoms with E-state index < -0.39 is 24.5 Å². The average Bonchev–Trinajstić information content (AvgIpc) is 3.13. The van der Waals surface area contributed by atoms with Crippen LogP contribution in [-0.2, 0) is 16.1 Å². The lowest BCUT2D eigenvalue weighted by atomic mass is 10.2. The van der Waals surface area contributed by atoms with Gasteiger partial charge >= 0.3 is 12.0 Å². The number of rotatable bonds is 8. The molecule has 2 rings (SSSR count). The first-order valence-corrected chi connectivity index (χ1v) is 8.85. The van der Waals surface area contributed by atoms with E-state index in [1.165, 1.54) is 22.8 Å². The number of amides is 3. The first kappa shape index (κ1) is 20.1. The lowest BCUT2D eigenvalue weighted by molar-refractivity contribution is -0.123. The van der Waals surface area contributed by atoms with Crippen LogP contribution in [0.25, 0.3) is 0 Å². The highest BCUT2D eigenvalue weighted by Crippen LogP contribution is 2.16. The molecular formula is C18H19N3O5S. The van der Waals surface area contributed by atoms with Gasteiger partial charge in [0.05, 0.1) is 0 Å². The third-order valence-corrected chi connectivity index (χ3v) is 3.96. The van der Waals surface area contributed by atoms with Gasteiger partial charge in [-0.1, -0.05) is 23.8 Å². The largest absolute Gasteiger partial charge is 0.486 e. The molecule has 8 nitrogen and oxygen atoms in total. The summed E-state index contributed by atoms with van der Waals surface area (Å²) in [7, 11) is 0. The van der Waals surface area contributed by atoms with E-state index in [9.17, 15) is 14.4 Å². The van der Waals surface area contributed by atoms with Crippen LogP contribution in [0, 0.1) is 6.92 Å². The Morgan fingerprint density at radius 1 is 1.26 bits per heavy atom. The maximum Gasteiger partial charge on any atom is 0.358 e. The van der Waals surface area contributed by atoms with Gasteiger partial charge in [-0.2, -0.15) is 0 Å². The Balaban J connectivity index is 1.77. The smallest absolute Gasteiger partial charge is 0.358 e. The summed E-state index contributed by atoms with van der Waals surface area (Å²) in [4.78, 5) is 38.8. The molecule has 0 aliphatic heterocycles. The van der Waals surface area contributed by atoms with Gasteiger partial charge in [-0.3, -0.25) is 10.1 Å². The summed E-state index contributed by atoms with van der Waals surface area (Å²) in [5.41, 5.74) is 1.20. The van der Waals surface area contributed by atoms with Gasteiger partial charge in [-0.05, 0) is 19.1 Å². The molecule has 0 unspecified atom stereocenters. The summed E-state index contributed by atoms with van der Waals surface area (Å²) in [6, 6.07) is 6.87. The standard InChI is InChI=1S/C18H19N3O5S/c1-3-8-19-18(24)21-15(22)9-26-17(23)14-11-27-16(20-14)10-25-13-6-4-12(2)5-7-13/h3-7,11H,1,8-10H2,2H3,(H2,19,21,22,24). The fraction of sp³-hybridized carbons (Fsp3) is 0.222. The maximum absolute atomic E-state index is 11.9. The van der Waals surface area contributed by atoms with Crippen molar-refractivity contribution in [3.05, 3.63) is 58.6 Å². The molecule has 1 heterocycles. The van der Waals surface area contributed by atoms with Gasteiger partial charge in [0, 0.05) is 11.9 Å². The van der Waals surface area contributed by atoms with E-state index in [0.717, 1.165) is 5.56 Å². The van der Waals surface area contributed by atoms with Gasteiger partial charge in [0.15, 0.2) is 12.3 Å². The van der Waals surface area contributed by atoms with Crippen molar-refractivity contribution in [1.29, 1.82) is 0 Å². The van der Waals surface area contributed by atoms with Crippen molar-refractivity contribution in [2.75, 3.05) is 13.2 Å². The van der Waals surface area contributed by atoms with Crippen molar-refractivity contribution in [3.63, 3.8) is 0 Å². The van der Waals surface area contributed by atoms with Crippen molar-refractivity contribution < 1.29 is 23.9 Å². The molecule has 0 aliphatic rings. The molecule has 142 valence electrons. The number of urea groups is 1. The zero-order valence-corrected chi connectivity index (χ0v) is 15.5. The van der Waals surface area contributed by atoms with Crippen LogP contribution in [0.1, 0.15) is 21.1 Å². The second kappa shape index (κ2) is 10.1. The molecule has 0 fully saturated rings. The zero-order valence-electron chi connectivity index (χ0n) is 14.7. The van der Waals surface area contributed by atoms with Gasteiger partial charge in [-0.25, -0.2) is 14.6 Å². The van der Waals surface area contributed by atoms with Gasteiger partial charge in [0.25, 0.3) is 5.91 Å². The van der Waals surface area contributed by atoms with Gasteiger partial charge < -0.3 is 14.8 Å². The molecule has 0 atom stereocenters. The van der Waals surface area contributed by atoms with Crippen LogP contribution in [0.3, 0.4) is 0 Å². The minimum Gasteiger partial charge on any atom is -0.486 e. The number of hydrogen-bond acceptors (Lipinski definition) is 7. The normalized spacial score (nSPS) is 9.96. The number of carbonyl (C=O) groups is 3. The van der Waals surface area contributed by atoms with E-state index in [1.54, 1.807) is 0 Å². The Labute approximate surface area is 160 Å². The SMILES string of the molecule is C=CCNC(=O)NC(=O)COC(=O)c1csc(COc2ccc(C)cc2)n1. The van der Waals surface area contributed by atoms with Crippen LogP contribution in [0.2, 0.25) is 0 Å². The Bertz CT molecular complexity index is 817. The van der Waals surface area contributed by atoms with E-state index in [1.807, 2.05) is 36.5 Å². The number of nitrogens with zero attached hydrogens (tertiary/aromatic N) is 1. The van der Waals surface area contributed by atoms with Crippen molar-refractivity contribution in [3.8, 4) is 5.75 Å². The van der Waals surface area contributed by atoms with E-state index in [0.29, 0.717) is 10.8 Å². The Morgan fingerprint density at radius 3 is 2.70 bits per heavy atom. The monoisotopic (exact) mass is 389 g/mol. The number of esters is 1. The summed E-state index contributed by atoms with van der Waals surface area (Å²) in [6.45, 7) is 5.25. The van der Waals surface area contributed by atoms with Crippen molar-refractivity contribution in [1.82, 2.24) is 15.6 Å². The summed E-state index contributed by atoms with van der Waals surface area (Å²) in [5, 5.41) is 6.49. The van der Waals surface area contributed by atoms with Crippen LogP contribution in [0.4, 0.5) is 4.79 Å². The summed E-state index contributed by atoms with van der Waals surface area (Å²) in [5.74, 6) is -0.802. The number of aromatic nitrogens is 1. The predicted octanol–water partition coefficient (Wildman–Crippen LogP) is 2.20. The quantitative estimate of drug-likeness (QED) is 0.529. The van der Waals surface area contributed by atoms with Crippen molar-refractivity contribution >= 4 is 29.2 Å². The average molecular weight is 389 g/mol. The van der Waals surface area contributed by atoms with Crippen LogP contribution in [0.5, 0.6) is 5.75 Å². The lowest BCUT2D eigenvalue weighted by Gasteiger charge is -2.05. The first-order valence-electron chi connectivity index (χ1n) is 7.97. The molecule has 3 amide bonds. The summed E-state index contributed by atoms with van der Waals surface area (Å²) < 4.78 is 10.4. The highest BCUT2D eigenvalue weighted by atomic mass is 32.1. The molecule has 27 heavy (non-hydrogen) atoms. The zero-order chi connectivity index (χ0) is 19.6. The topological polar surface area (TPSA) is 107 Å². The molecule has 0 spiro atoms. The second-order valence-electron chi connectivity index (χ2n) is 5.35. The molecule has 0 aliphatic carbocycles. The number of thiazole rings is 1. The Hall–Kier alpha value is -3.20. The molecule has 1 aromatic carbocycles. The number of imide groups is 1. The Kier molecular flexibility index (Phi) is 7.50. The third-order valence-electron chi connectivity index (χ3n) is 3.14. The first-order chi connectivity index (χ1) is 13.0. The van der Waals surface area contributed by atoms with Crippen LogP contribution >= 0.6 is 11.3 Å². The molecule has 0 radical (unpaired) electrons. The van der Waals surface area contributed by atoms with Crippen molar-refractivity contribution in [2.45, 2.75) is 13.5 Å². The maximum atomic E-state index is 11.9. The molecule has 2 aromatic rings. The number of nitrogens with one attached hydrogen (secondary N) is 2. The fourth-order valence-corrected chi connectivity index (χ4v) is 2.50. The van der Waals surface area contributed by atoms with Crippen molar-refractivity contribution in [2.24, 2.45) is 0 Å². The Morgan fingerprint density at radius 2 is 2.00 bits per heavy atom. The number of hydrogen-bond donors (Lipinski definition) is 2. The molecule has 1 aromatic heterocycles. The number of aryl methyl sites for hydroxylation is 1. The molecule has 2 N–H and O–H groups in total. The minimum atomic E-state index is -0.755. The highest BCUT2D eigenvalue weighted by Gasteiger charge is 2.15. The van der Waals surface area contributed by atoms with E-state index in [4.69, 9.17) is 9.47 Å². The molecular weight excluding hydrogens is 370 g/mol. The third kappa shape index (κ3) is 6.90. The van der Waals surface area contributed by atoms with Gasteiger partial charge in [-0.15, -0.1) is 17.9 Å². The van der Waals surface area contributed by atoms with Crippen LogP contribution in [-0.4, -0.2) is 36.0 Å². The molecule has 0 saturated carbocycles. The summed E-state index contributed by atoms with van der Waals surface area (Å²) in [6.07, 6.45) is 1.46. The molecule has 0 saturated heterocycles. The van der Waals surface area contributed by atoms with E-state index >= 15 is 0 Å². The second-order valence-corrected chi connectivity index (χ2v) is 6.29. The van der Waals surface area contributed by atoms with E-state index in [-0.39, 0.29) is 18.8 Å². The lowest BCUT2D eigenvalue weighted by Crippen LogP contribution is -2.41. The summed E-state index contributed by atoms with van der Waals surface area (Å²) >= 11 is 1.24. The predicted molar refractivity (Wildman–Crippen MR) is 99.6 cm³/mol. The van der Waals surface area contributed by atoms with Gasteiger partial charge in [0.1, 0.15) is 17.4 Å². The molecule has 9 heteroatoms. The highest BCUT2D eigenvalue weighted by molar-refractivity contribution is 7.09. The number of benzene rings is 1. The van der Waals surface area contributed by atoms with Crippen LogP contribution in [0.15, 0.2) is 42.3 Å².